The molecule has 4 heteroatoms. The molecule has 2 rings (SSSR count). The zero-order valence-electron chi connectivity index (χ0n) is 6.25. The molecule has 0 aliphatic heterocycles. The quantitative estimate of drug-likeness (QED) is 0.640. The lowest BCUT2D eigenvalue weighted by molar-refractivity contribution is 0.372. The Balaban J connectivity index is 2.13. The van der Waals surface area contributed by atoms with E-state index in [2.05, 4.69) is 17.1 Å². The van der Waals surface area contributed by atoms with Gasteiger partial charge < -0.3 is 4.52 Å². The van der Waals surface area contributed by atoms with E-state index in [4.69, 9.17) is 16.1 Å². The smallest absolute Gasteiger partial charge is 0.230 e. The highest BCUT2D eigenvalue weighted by atomic mass is 35.5. The Hall–Kier alpha value is -0.570. The normalized spacial score (nSPS) is 28.9. The van der Waals surface area contributed by atoms with Gasteiger partial charge in [-0.1, -0.05) is 12.1 Å². The van der Waals surface area contributed by atoms with Crippen LogP contribution in [0.4, 0.5) is 0 Å². The van der Waals surface area contributed by atoms with E-state index in [9.17, 15) is 0 Å². The Morgan fingerprint density at radius 2 is 2.45 bits per heavy atom. The average Bonchev–Trinajstić information content (AvgIpc) is 2.59. The largest absolute Gasteiger partial charge is 0.339 e. The van der Waals surface area contributed by atoms with E-state index in [-0.39, 0.29) is 0 Å². The van der Waals surface area contributed by atoms with E-state index in [1.807, 2.05) is 0 Å². The van der Waals surface area contributed by atoms with Crippen LogP contribution in [0.3, 0.4) is 0 Å². The minimum atomic E-state index is 0.338. The Kier molecular flexibility index (Phi) is 1.60. The first-order valence-corrected chi connectivity index (χ1v) is 4.23. The molecule has 60 valence electrons. The Morgan fingerprint density at radius 3 is 2.91 bits per heavy atom. The molecule has 11 heavy (non-hydrogen) atoms. The molecule has 1 saturated carbocycles. The van der Waals surface area contributed by atoms with E-state index in [1.54, 1.807) is 0 Å². The van der Waals surface area contributed by atoms with Gasteiger partial charge in [-0.2, -0.15) is 4.98 Å². The topological polar surface area (TPSA) is 38.9 Å². The van der Waals surface area contributed by atoms with Gasteiger partial charge in [0.05, 0.1) is 5.88 Å². The van der Waals surface area contributed by atoms with Crippen LogP contribution in [-0.2, 0) is 5.88 Å². The number of hydrogen-bond acceptors (Lipinski definition) is 3. The van der Waals surface area contributed by atoms with E-state index < -0.39 is 0 Å². The molecular weight excluding hydrogens is 164 g/mol. The lowest BCUT2D eigenvalue weighted by Crippen LogP contribution is -1.82. The number of rotatable bonds is 2. The lowest BCUT2D eigenvalue weighted by atomic mass is 10.3. The van der Waals surface area contributed by atoms with Gasteiger partial charge in [0.25, 0.3) is 0 Å². The summed E-state index contributed by atoms with van der Waals surface area (Å²) in [5.74, 6) is 2.90. The van der Waals surface area contributed by atoms with Crippen LogP contribution in [0.15, 0.2) is 4.52 Å². The molecule has 0 N–H and O–H groups in total. The van der Waals surface area contributed by atoms with E-state index in [1.165, 1.54) is 6.42 Å². The van der Waals surface area contributed by atoms with Crippen molar-refractivity contribution in [3.05, 3.63) is 11.7 Å². The number of aromatic nitrogens is 2. The predicted octanol–water partition coefficient (Wildman–Crippen LogP) is 1.93. The summed E-state index contributed by atoms with van der Waals surface area (Å²) in [6.45, 7) is 2.18. The van der Waals surface area contributed by atoms with E-state index in [0.29, 0.717) is 23.5 Å². The standard InChI is InChI=1S/C7H9ClN2O/c1-4-2-5(4)7-9-6(3-8)10-11-7/h4-5H,2-3H2,1H3. The molecule has 1 fully saturated rings. The van der Waals surface area contributed by atoms with Crippen LogP contribution in [0.25, 0.3) is 0 Å². The Morgan fingerprint density at radius 1 is 1.73 bits per heavy atom. The summed E-state index contributed by atoms with van der Waals surface area (Å²) in [4.78, 5) is 4.13. The summed E-state index contributed by atoms with van der Waals surface area (Å²) in [5, 5.41) is 3.71. The second kappa shape index (κ2) is 2.48. The summed E-state index contributed by atoms with van der Waals surface area (Å²) >= 11 is 5.52. The van der Waals surface area contributed by atoms with E-state index >= 15 is 0 Å². The van der Waals surface area contributed by atoms with Gasteiger partial charge in [0.1, 0.15) is 0 Å². The molecule has 1 aliphatic carbocycles. The predicted molar refractivity (Wildman–Crippen MR) is 40.4 cm³/mol. The third kappa shape index (κ3) is 1.25. The highest BCUT2D eigenvalue weighted by Crippen LogP contribution is 2.45. The molecule has 0 saturated heterocycles. The van der Waals surface area contributed by atoms with Crippen molar-refractivity contribution < 1.29 is 4.52 Å². The van der Waals surface area contributed by atoms with Gasteiger partial charge in [0.15, 0.2) is 5.82 Å². The van der Waals surface area contributed by atoms with Gasteiger partial charge in [-0.3, -0.25) is 0 Å². The fourth-order valence-corrected chi connectivity index (χ4v) is 1.25. The first-order chi connectivity index (χ1) is 5.31. The van der Waals surface area contributed by atoms with Crippen LogP contribution in [0.5, 0.6) is 0 Å². The summed E-state index contributed by atoms with van der Waals surface area (Å²) in [5.41, 5.74) is 0. The highest BCUT2D eigenvalue weighted by molar-refractivity contribution is 6.16. The first kappa shape index (κ1) is 7.10. The first-order valence-electron chi connectivity index (χ1n) is 3.69. The highest BCUT2D eigenvalue weighted by Gasteiger charge is 2.38. The molecule has 0 amide bonds. The SMILES string of the molecule is CC1CC1c1nc(CCl)no1. The van der Waals surface area contributed by atoms with Crippen LogP contribution in [-0.4, -0.2) is 10.1 Å². The number of hydrogen-bond donors (Lipinski definition) is 0. The molecule has 1 aliphatic rings. The second-order valence-electron chi connectivity index (χ2n) is 3.00. The molecule has 0 aromatic carbocycles. The minimum Gasteiger partial charge on any atom is -0.339 e. The van der Waals surface area contributed by atoms with Crippen molar-refractivity contribution in [1.82, 2.24) is 10.1 Å². The molecule has 1 aromatic heterocycles. The van der Waals surface area contributed by atoms with Crippen molar-refractivity contribution in [1.29, 1.82) is 0 Å². The molecule has 0 bridgehead atoms. The van der Waals surface area contributed by atoms with Crippen molar-refractivity contribution in [3.63, 3.8) is 0 Å². The van der Waals surface area contributed by atoms with Crippen molar-refractivity contribution in [2.24, 2.45) is 5.92 Å². The molecule has 0 spiro atoms. The van der Waals surface area contributed by atoms with E-state index in [0.717, 1.165) is 5.89 Å². The number of nitrogens with zero attached hydrogens (tertiary/aromatic N) is 2. The lowest BCUT2D eigenvalue weighted by Gasteiger charge is -1.82. The van der Waals surface area contributed by atoms with Crippen molar-refractivity contribution in [3.8, 4) is 0 Å². The zero-order valence-corrected chi connectivity index (χ0v) is 7.01. The maximum absolute atomic E-state index is 5.52. The second-order valence-corrected chi connectivity index (χ2v) is 3.27. The van der Waals surface area contributed by atoms with Crippen molar-refractivity contribution in [2.45, 2.75) is 25.1 Å². The fraction of sp³-hybridized carbons (Fsp3) is 0.714. The number of alkyl halides is 1. The van der Waals surface area contributed by atoms with Crippen LogP contribution in [0, 0.1) is 5.92 Å². The van der Waals surface area contributed by atoms with Crippen LogP contribution in [0.1, 0.15) is 31.0 Å². The fourth-order valence-electron chi connectivity index (χ4n) is 1.14. The zero-order chi connectivity index (χ0) is 7.84. The molecule has 2 atom stereocenters. The molecule has 1 aromatic rings. The van der Waals surface area contributed by atoms with Crippen molar-refractivity contribution >= 4 is 11.6 Å². The maximum atomic E-state index is 5.52. The Labute approximate surface area is 69.7 Å². The molecular formula is C7H9ClN2O. The third-order valence-corrected chi connectivity index (χ3v) is 2.27. The summed E-state index contributed by atoms with van der Waals surface area (Å²) in [6, 6.07) is 0. The van der Waals surface area contributed by atoms with Crippen LogP contribution in [0.2, 0.25) is 0 Å². The van der Waals surface area contributed by atoms with Gasteiger partial charge in [-0.15, -0.1) is 11.6 Å². The summed E-state index contributed by atoms with van der Waals surface area (Å²) in [7, 11) is 0. The maximum Gasteiger partial charge on any atom is 0.230 e. The Bertz CT molecular complexity index is 261. The summed E-state index contributed by atoms with van der Waals surface area (Å²) in [6.07, 6.45) is 1.17. The van der Waals surface area contributed by atoms with Gasteiger partial charge in [-0.05, 0) is 12.3 Å². The van der Waals surface area contributed by atoms with Crippen LogP contribution < -0.4 is 0 Å². The summed E-state index contributed by atoms with van der Waals surface area (Å²) < 4.78 is 5.00. The molecule has 2 unspecified atom stereocenters. The monoisotopic (exact) mass is 172 g/mol. The molecule has 1 heterocycles. The van der Waals surface area contributed by atoms with Crippen molar-refractivity contribution in [2.75, 3.05) is 0 Å². The van der Waals surface area contributed by atoms with Gasteiger partial charge in [0.2, 0.25) is 5.89 Å². The average molecular weight is 173 g/mol. The van der Waals surface area contributed by atoms with Gasteiger partial charge in [0, 0.05) is 5.92 Å². The molecule has 0 radical (unpaired) electrons. The van der Waals surface area contributed by atoms with Gasteiger partial charge in [-0.25, -0.2) is 0 Å². The number of halogens is 1. The minimum absolute atomic E-state index is 0.338. The van der Waals surface area contributed by atoms with Crippen LogP contribution >= 0.6 is 11.6 Å². The third-order valence-electron chi connectivity index (χ3n) is 2.03. The molecule has 3 nitrogen and oxygen atoms in total. The van der Waals surface area contributed by atoms with Gasteiger partial charge >= 0.3 is 0 Å².